The number of sulfonamides is 1. The first-order chi connectivity index (χ1) is 10.1. The predicted octanol–water partition coefficient (Wildman–Crippen LogP) is 3.77. The molecule has 0 saturated carbocycles. The minimum absolute atomic E-state index is 0.213. The number of benzene rings is 2. The molecule has 0 spiro atoms. The van der Waals surface area contributed by atoms with Gasteiger partial charge in [0.05, 0.1) is 4.90 Å². The topological polar surface area (TPSA) is 46.5 Å². The molecule has 0 atom stereocenters. The van der Waals surface area contributed by atoms with Gasteiger partial charge >= 0.3 is 0 Å². The zero-order valence-corrected chi connectivity index (χ0v) is 13.3. The quantitative estimate of drug-likeness (QED) is 0.685. The van der Waals surface area contributed by atoms with Crippen LogP contribution in [0.25, 0.3) is 10.4 Å². The standard InChI is InChI=1S/C15H11NO2S3/c17-21(18,13-9-5-2-6-10-13)16-15-11-14(19-20-15)12-7-3-1-4-8-12/h1-11H. The van der Waals surface area contributed by atoms with Crippen molar-refractivity contribution in [3.8, 4) is 10.4 Å². The van der Waals surface area contributed by atoms with Crippen LogP contribution in [0.5, 0.6) is 0 Å². The molecular weight excluding hydrogens is 322 g/mol. The zero-order chi connectivity index (χ0) is 14.7. The number of rotatable bonds is 3. The fourth-order valence-corrected chi connectivity index (χ4v) is 5.28. The van der Waals surface area contributed by atoms with Gasteiger partial charge in [-0.05, 0) is 23.8 Å². The van der Waals surface area contributed by atoms with E-state index >= 15 is 0 Å². The van der Waals surface area contributed by atoms with Gasteiger partial charge in [0.25, 0.3) is 10.0 Å². The molecule has 0 saturated heterocycles. The van der Waals surface area contributed by atoms with Gasteiger partial charge in [-0.15, -0.1) is 4.40 Å². The summed E-state index contributed by atoms with van der Waals surface area (Å²) < 4.78 is 28.8. The maximum absolute atomic E-state index is 12.2. The van der Waals surface area contributed by atoms with Crippen LogP contribution in [-0.4, -0.2) is 8.42 Å². The Labute approximate surface area is 130 Å². The molecule has 0 aliphatic rings. The van der Waals surface area contributed by atoms with E-state index < -0.39 is 10.0 Å². The second-order valence-corrected chi connectivity index (χ2v) is 8.05. The number of nitrogens with zero attached hydrogens (tertiary/aromatic N) is 1. The normalized spacial score (nSPS) is 12.5. The highest BCUT2D eigenvalue weighted by atomic mass is 32.9. The third kappa shape index (κ3) is 3.29. The van der Waals surface area contributed by atoms with Crippen molar-refractivity contribution in [2.24, 2.45) is 4.40 Å². The molecule has 3 nitrogen and oxygen atoms in total. The molecule has 3 rings (SSSR count). The van der Waals surface area contributed by atoms with Crippen LogP contribution in [0, 0.1) is 0 Å². The Balaban J connectivity index is 2.00. The van der Waals surface area contributed by atoms with Crippen molar-refractivity contribution in [1.29, 1.82) is 0 Å². The van der Waals surface area contributed by atoms with Gasteiger partial charge in [0.2, 0.25) is 0 Å². The summed E-state index contributed by atoms with van der Waals surface area (Å²) in [6.07, 6.45) is 0. The van der Waals surface area contributed by atoms with Crippen LogP contribution in [0.3, 0.4) is 0 Å². The van der Waals surface area contributed by atoms with E-state index in [1.807, 2.05) is 36.4 Å². The van der Waals surface area contributed by atoms with Gasteiger partial charge in [0.1, 0.15) is 4.67 Å². The summed E-state index contributed by atoms with van der Waals surface area (Å²) in [6.45, 7) is 0. The second kappa shape index (κ2) is 5.93. The Morgan fingerprint density at radius 1 is 0.810 bits per heavy atom. The zero-order valence-electron chi connectivity index (χ0n) is 10.8. The molecule has 0 aliphatic carbocycles. The molecule has 106 valence electrons. The SMILES string of the molecule is O=S(=O)(N=c1cc(-c2ccccc2)ss1)c1ccccc1. The van der Waals surface area contributed by atoms with Crippen LogP contribution < -0.4 is 4.67 Å². The van der Waals surface area contributed by atoms with Gasteiger partial charge in [-0.25, -0.2) is 0 Å². The average molecular weight is 333 g/mol. The molecule has 1 heterocycles. The molecule has 6 heteroatoms. The van der Waals surface area contributed by atoms with Gasteiger partial charge < -0.3 is 0 Å². The Bertz CT molecular complexity index is 895. The van der Waals surface area contributed by atoms with Crippen molar-refractivity contribution in [1.82, 2.24) is 0 Å². The summed E-state index contributed by atoms with van der Waals surface area (Å²) >= 11 is 0. The third-order valence-corrected chi connectivity index (χ3v) is 6.50. The summed E-state index contributed by atoms with van der Waals surface area (Å²) in [5, 5.41) is 0. The van der Waals surface area contributed by atoms with Gasteiger partial charge in [-0.3, -0.25) is 0 Å². The lowest BCUT2D eigenvalue weighted by Crippen LogP contribution is -2.02. The van der Waals surface area contributed by atoms with E-state index in [0.29, 0.717) is 4.67 Å². The lowest BCUT2D eigenvalue weighted by atomic mass is 10.2. The summed E-state index contributed by atoms with van der Waals surface area (Å²) in [5.74, 6) is 0. The highest BCUT2D eigenvalue weighted by Gasteiger charge is 2.11. The first-order valence-corrected chi connectivity index (χ1v) is 9.76. The minimum Gasteiger partial charge on any atom is -0.199 e. The van der Waals surface area contributed by atoms with Crippen molar-refractivity contribution in [3.63, 3.8) is 0 Å². The van der Waals surface area contributed by atoms with E-state index in [9.17, 15) is 8.42 Å². The molecule has 0 bridgehead atoms. The molecule has 0 unspecified atom stereocenters. The average Bonchev–Trinajstić information content (AvgIpc) is 2.97. The van der Waals surface area contributed by atoms with E-state index in [4.69, 9.17) is 0 Å². The Hall–Kier alpha value is -1.76. The smallest absolute Gasteiger partial charge is 0.199 e. The minimum atomic E-state index is -3.64. The summed E-state index contributed by atoms with van der Waals surface area (Å²) in [7, 11) is -0.756. The van der Waals surface area contributed by atoms with Crippen molar-refractivity contribution in [3.05, 3.63) is 71.4 Å². The molecule has 2 aromatic carbocycles. The largest absolute Gasteiger partial charge is 0.283 e. The summed E-state index contributed by atoms with van der Waals surface area (Å²) in [4.78, 5) is 1.23. The Kier molecular flexibility index (Phi) is 4.01. The van der Waals surface area contributed by atoms with E-state index in [0.717, 1.165) is 10.4 Å². The molecule has 21 heavy (non-hydrogen) atoms. The Morgan fingerprint density at radius 3 is 2.10 bits per heavy atom. The van der Waals surface area contributed by atoms with Gasteiger partial charge in [-0.2, -0.15) is 8.42 Å². The van der Waals surface area contributed by atoms with Crippen molar-refractivity contribution >= 4 is 30.7 Å². The summed E-state index contributed by atoms with van der Waals surface area (Å²) in [5.41, 5.74) is 1.07. The highest BCUT2D eigenvalue weighted by molar-refractivity contribution is 7.90. The van der Waals surface area contributed by atoms with Gasteiger partial charge in [-0.1, -0.05) is 69.2 Å². The second-order valence-electron chi connectivity index (χ2n) is 4.26. The maximum atomic E-state index is 12.2. The van der Waals surface area contributed by atoms with Crippen molar-refractivity contribution < 1.29 is 8.42 Å². The van der Waals surface area contributed by atoms with Crippen LogP contribution in [0.2, 0.25) is 0 Å². The lowest BCUT2D eigenvalue weighted by molar-refractivity contribution is 0.597. The van der Waals surface area contributed by atoms with E-state index in [1.54, 1.807) is 30.3 Å². The monoisotopic (exact) mass is 333 g/mol. The molecule has 0 fully saturated rings. The predicted molar refractivity (Wildman–Crippen MR) is 86.8 cm³/mol. The fourth-order valence-electron chi connectivity index (χ4n) is 1.79. The van der Waals surface area contributed by atoms with Crippen LogP contribution in [-0.2, 0) is 10.0 Å². The van der Waals surface area contributed by atoms with Crippen molar-refractivity contribution in [2.75, 3.05) is 0 Å². The molecular formula is C15H11NO2S3. The third-order valence-electron chi connectivity index (χ3n) is 2.78. The first-order valence-electron chi connectivity index (χ1n) is 6.17. The summed E-state index contributed by atoms with van der Waals surface area (Å²) in [6, 6.07) is 19.9. The molecule has 0 amide bonds. The fraction of sp³-hybridized carbons (Fsp3) is 0. The van der Waals surface area contributed by atoms with Gasteiger partial charge in [0, 0.05) is 4.88 Å². The molecule has 3 aromatic rings. The lowest BCUT2D eigenvalue weighted by Gasteiger charge is -1.95. The molecule has 0 aliphatic heterocycles. The number of hydrogen-bond donors (Lipinski definition) is 0. The van der Waals surface area contributed by atoms with E-state index in [-0.39, 0.29) is 4.90 Å². The van der Waals surface area contributed by atoms with Crippen molar-refractivity contribution in [2.45, 2.75) is 4.90 Å². The molecule has 0 N–H and O–H groups in total. The first kappa shape index (κ1) is 14.2. The van der Waals surface area contributed by atoms with Crippen LogP contribution in [0.4, 0.5) is 0 Å². The van der Waals surface area contributed by atoms with Crippen LogP contribution >= 0.6 is 20.7 Å². The maximum Gasteiger partial charge on any atom is 0.283 e. The molecule has 1 aromatic heterocycles. The van der Waals surface area contributed by atoms with Crippen LogP contribution in [0.15, 0.2) is 76.0 Å². The van der Waals surface area contributed by atoms with E-state index in [2.05, 4.69) is 4.40 Å². The highest BCUT2D eigenvalue weighted by Crippen LogP contribution is 2.25. The van der Waals surface area contributed by atoms with Crippen LogP contribution in [0.1, 0.15) is 0 Å². The number of hydrogen-bond acceptors (Lipinski definition) is 4. The molecule has 0 radical (unpaired) electrons. The van der Waals surface area contributed by atoms with Gasteiger partial charge in [0.15, 0.2) is 0 Å². The Morgan fingerprint density at radius 2 is 1.43 bits per heavy atom. The van der Waals surface area contributed by atoms with E-state index in [1.165, 1.54) is 20.7 Å².